The Hall–Kier alpha value is -0.700. The Morgan fingerprint density at radius 1 is 1.50 bits per heavy atom. The van der Waals surface area contributed by atoms with Gasteiger partial charge in [0, 0.05) is 0 Å². The molecule has 1 N–H and O–H groups in total. The van der Waals surface area contributed by atoms with Crippen molar-refractivity contribution in [2.45, 2.75) is 0 Å². The summed E-state index contributed by atoms with van der Waals surface area (Å²) in [7, 11) is -1.60. The van der Waals surface area contributed by atoms with E-state index in [2.05, 4.69) is 4.74 Å². The molecule has 0 heterocycles. The third-order valence-corrected chi connectivity index (χ3v) is 2.07. The van der Waals surface area contributed by atoms with Crippen LogP contribution in [0.15, 0.2) is 0 Å². The molecule has 0 saturated heterocycles. The second-order valence-corrected chi connectivity index (χ2v) is 4.73. The van der Waals surface area contributed by atoms with Crippen LogP contribution < -0.4 is 0 Å². The molecular formula is C6H13NO6S. The van der Waals surface area contributed by atoms with E-state index >= 15 is 0 Å². The maximum atomic E-state index is 11.1. The minimum atomic E-state index is -4.37. The lowest BCUT2D eigenvalue weighted by Crippen LogP contribution is -2.46. The minimum absolute atomic E-state index is 0.446. The summed E-state index contributed by atoms with van der Waals surface area (Å²) in [5.41, 5.74) is 0. The number of aliphatic hydroxyl groups excluding tert-OH is 1. The van der Waals surface area contributed by atoms with Crippen LogP contribution in [0, 0.1) is 0 Å². The SMILES string of the molecule is C[N+](C)(CO)C(=O)OCCS(=O)(=O)[O-]. The summed E-state index contributed by atoms with van der Waals surface area (Å²) < 4.78 is 34.4. The van der Waals surface area contributed by atoms with Gasteiger partial charge in [-0.3, -0.25) is 0 Å². The molecule has 8 heteroatoms. The van der Waals surface area contributed by atoms with Gasteiger partial charge < -0.3 is 14.4 Å². The van der Waals surface area contributed by atoms with Gasteiger partial charge in [0.2, 0.25) is 0 Å². The number of aliphatic hydroxyl groups is 1. The second-order valence-electron chi connectivity index (χ2n) is 3.20. The van der Waals surface area contributed by atoms with Gasteiger partial charge in [-0.15, -0.1) is 0 Å². The van der Waals surface area contributed by atoms with Crippen LogP contribution in [0.3, 0.4) is 0 Å². The average Bonchev–Trinajstić information content (AvgIpc) is 2.02. The molecule has 14 heavy (non-hydrogen) atoms. The number of quaternary nitrogens is 1. The van der Waals surface area contributed by atoms with Crippen LogP contribution >= 0.6 is 0 Å². The predicted octanol–water partition coefficient (Wildman–Crippen LogP) is -1.31. The Morgan fingerprint density at radius 3 is 2.36 bits per heavy atom. The van der Waals surface area contributed by atoms with Gasteiger partial charge in [0.05, 0.1) is 30.0 Å². The molecule has 0 aromatic carbocycles. The highest BCUT2D eigenvalue weighted by molar-refractivity contribution is 7.85. The fourth-order valence-electron chi connectivity index (χ4n) is 0.464. The van der Waals surface area contributed by atoms with E-state index in [4.69, 9.17) is 5.11 Å². The van der Waals surface area contributed by atoms with E-state index in [1.165, 1.54) is 14.1 Å². The summed E-state index contributed by atoms with van der Waals surface area (Å²) in [5.74, 6) is -0.760. The first kappa shape index (κ1) is 13.3. The van der Waals surface area contributed by atoms with Gasteiger partial charge in [-0.25, -0.2) is 12.9 Å². The van der Waals surface area contributed by atoms with E-state index in [0.29, 0.717) is 0 Å². The minimum Gasteiger partial charge on any atom is -0.748 e. The average molecular weight is 227 g/mol. The van der Waals surface area contributed by atoms with Crippen molar-refractivity contribution >= 4 is 16.2 Å². The molecule has 0 rings (SSSR count). The molecule has 1 amide bonds. The lowest BCUT2D eigenvalue weighted by atomic mass is 10.7. The van der Waals surface area contributed by atoms with E-state index < -0.39 is 39.8 Å². The highest BCUT2D eigenvalue weighted by Gasteiger charge is 2.27. The van der Waals surface area contributed by atoms with Gasteiger partial charge in [-0.2, -0.15) is 4.79 Å². The van der Waals surface area contributed by atoms with Crippen molar-refractivity contribution in [1.29, 1.82) is 0 Å². The molecule has 0 spiro atoms. The number of hydrogen-bond acceptors (Lipinski definition) is 6. The smallest absolute Gasteiger partial charge is 0.517 e. The first-order valence-corrected chi connectivity index (χ1v) is 5.31. The summed E-state index contributed by atoms with van der Waals surface area (Å²) in [5, 5.41) is 8.72. The van der Waals surface area contributed by atoms with Crippen LogP contribution in [0.1, 0.15) is 0 Å². The zero-order valence-corrected chi connectivity index (χ0v) is 8.78. The number of hydrogen-bond donors (Lipinski definition) is 1. The van der Waals surface area contributed by atoms with Gasteiger partial charge in [0.15, 0.2) is 6.73 Å². The van der Waals surface area contributed by atoms with E-state index in [1.54, 1.807) is 0 Å². The second kappa shape index (κ2) is 4.69. The lowest BCUT2D eigenvalue weighted by Gasteiger charge is -2.22. The fourth-order valence-corrected chi connectivity index (χ4v) is 0.751. The van der Waals surface area contributed by atoms with Crippen molar-refractivity contribution < 1.29 is 32.1 Å². The molecule has 0 radical (unpaired) electrons. The summed E-state index contributed by atoms with van der Waals surface area (Å²) in [6, 6.07) is 0. The summed E-state index contributed by atoms with van der Waals surface area (Å²) in [4.78, 5) is 11.1. The predicted molar refractivity (Wildman–Crippen MR) is 45.1 cm³/mol. The topological polar surface area (TPSA) is 104 Å². The van der Waals surface area contributed by atoms with Gasteiger partial charge in [0.25, 0.3) is 0 Å². The van der Waals surface area contributed by atoms with Crippen molar-refractivity contribution in [1.82, 2.24) is 0 Å². The van der Waals surface area contributed by atoms with E-state index in [9.17, 15) is 17.8 Å². The summed E-state index contributed by atoms with van der Waals surface area (Å²) in [6.45, 7) is -0.963. The molecule has 0 saturated carbocycles. The highest BCUT2D eigenvalue weighted by Crippen LogP contribution is 1.99. The Morgan fingerprint density at radius 2 is 2.00 bits per heavy atom. The molecule has 0 fully saturated rings. The molecule has 7 nitrogen and oxygen atoms in total. The molecule has 0 unspecified atom stereocenters. The Labute approximate surface area is 82.2 Å². The Balaban J connectivity index is 3.99. The Bertz CT molecular complexity index is 295. The van der Waals surface area contributed by atoms with Crippen LogP contribution in [-0.4, -0.2) is 61.8 Å². The standard InChI is InChI=1S/C6H13NO6S/c1-7(2,5-8)6(9)13-3-4-14(10,11)12/h8H,3-5H2,1-2H3. The molecular weight excluding hydrogens is 214 g/mol. The van der Waals surface area contributed by atoms with Crippen molar-refractivity contribution in [3.63, 3.8) is 0 Å². The quantitative estimate of drug-likeness (QED) is 0.363. The molecule has 0 aliphatic carbocycles. The monoisotopic (exact) mass is 227 g/mol. The van der Waals surface area contributed by atoms with E-state index in [1.807, 2.05) is 0 Å². The van der Waals surface area contributed by atoms with E-state index in [0.717, 1.165) is 0 Å². The first-order valence-electron chi connectivity index (χ1n) is 3.74. The number of nitrogens with zero attached hydrogens (tertiary/aromatic N) is 1. The fraction of sp³-hybridized carbons (Fsp3) is 0.833. The van der Waals surface area contributed by atoms with E-state index in [-0.39, 0.29) is 0 Å². The number of amides is 1. The zero-order valence-electron chi connectivity index (χ0n) is 7.97. The van der Waals surface area contributed by atoms with Crippen molar-refractivity contribution in [3.05, 3.63) is 0 Å². The molecule has 0 aromatic heterocycles. The summed E-state index contributed by atoms with van der Waals surface area (Å²) >= 11 is 0. The zero-order chi connectivity index (χ0) is 11.4. The maximum absolute atomic E-state index is 11.1. The number of ether oxygens (including phenoxy) is 1. The highest BCUT2D eigenvalue weighted by atomic mass is 32.2. The largest absolute Gasteiger partial charge is 0.748 e. The third kappa shape index (κ3) is 5.12. The van der Waals surface area contributed by atoms with Crippen LogP contribution in [0.25, 0.3) is 0 Å². The van der Waals surface area contributed by atoms with Crippen molar-refractivity contribution in [2.75, 3.05) is 33.2 Å². The molecule has 0 aliphatic rings. The maximum Gasteiger partial charge on any atom is 0.517 e. The number of carbonyl (C=O) groups excluding carboxylic acids is 1. The Kier molecular flexibility index (Phi) is 4.46. The van der Waals surface area contributed by atoms with Crippen LogP contribution in [0.2, 0.25) is 0 Å². The molecule has 0 atom stereocenters. The normalized spacial score (nSPS) is 12.6. The summed E-state index contributed by atoms with van der Waals surface area (Å²) in [6.07, 6.45) is -0.795. The molecule has 0 aliphatic heterocycles. The van der Waals surface area contributed by atoms with Crippen molar-refractivity contribution in [3.8, 4) is 0 Å². The number of carbonyl (C=O) groups is 1. The lowest BCUT2D eigenvalue weighted by molar-refractivity contribution is -0.838. The molecule has 0 aromatic rings. The van der Waals surface area contributed by atoms with Gasteiger partial charge in [-0.1, -0.05) is 0 Å². The first-order chi connectivity index (χ1) is 6.19. The van der Waals surface area contributed by atoms with Crippen LogP contribution in [-0.2, 0) is 14.9 Å². The third-order valence-electron chi connectivity index (χ3n) is 1.41. The van der Waals surface area contributed by atoms with Crippen LogP contribution in [0.5, 0.6) is 0 Å². The van der Waals surface area contributed by atoms with Crippen molar-refractivity contribution in [2.24, 2.45) is 0 Å². The van der Waals surface area contributed by atoms with Gasteiger partial charge >= 0.3 is 6.09 Å². The molecule has 0 bridgehead atoms. The van der Waals surface area contributed by atoms with Gasteiger partial charge in [-0.05, 0) is 0 Å². The van der Waals surface area contributed by atoms with Crippen LogP contribution in [0.4, 0.5) is 4.79 Å². The number of rotatable bonds is 4. The van der Waals surface area contributed by atoms with Gasteiger partial charge in [0.1, 0.15) is 6.61 Å². The molecule has 84 valence electrons.